The van der Waals surface area contributed by atoms with E-state index in [1.54, 1.807) is 12.1 Å². The number of benzene rings is 2. The summed E-state index contributed by atoms with van der Waals surface area (Å²) in [4.78, 5) is 0. The van der Waals surface area contributed by atoms with E-state index in [0.29, 0.717) is 11.5 Å². The van der Waals surface area contributed by atoms with Crippen molar-refractivity contribution in [3.05, 3.63) is 53.8 Å². The molecular weight excluding hydrogens is 287 g/mol. The van der Waals surface area contributed by atoms with Crippen molar-refractivity contribution < 1.29 is 9.50 Å². The molecule has 0 bridgehead atoms. The molecule has 2 heteroatoms. The third-order valence-electron chi connectivity index (χ3n) is 5.21. The standard InChI is InChI=1S/C21H25FO/c1-2-6-15-11-13-16(14-12-15)17-7-3-4-8-18(17)19-9-5-10-20(23)21(19)22/h3-5,7-10,15-16,23H,2,6,11-14H2,1H3. The Morgan fingerprint density at radius 1 is 0.957 bits per heavy atom. The van der Waals surface area contributed by atoms with Crippen LogP contribution >= 0.6 is 0 Å². The van der Waals surface area contributed by atoms with Crippen molar-refractivity contribution in [2.45, 2.75) is 51.4 Å². The van der Waals surface area contributed by atoms with Crippen molar-refractivity contribution >= 4 is 0 Å². The third kappa shape index (κ3) is 3.41. The molecule has 0 aliphatic heterocycles. The van der Waals surface area contributed by atoms with Gasteiger partial charge in [0.25, 0.3) is 0 Å². The molecule has 23 heavy (non-hydrogen) atoms. The van der Waals surface area contributed by atoms with Crippen LogP contribution in [0.1, 0.15) is 56.9 Å². The Morgan fingerprint density at radius 2 is 1.65 bits per heavy atom. The van der Waals surface area contributed by atoms with Gasteiger partial charge >= 0.3 is 0 Å². The summed E-state index contributed by atoms with van der Waals surface area (Å²) in [5, 5.41) is 9.68. The Bertz CT molecular complexity index is 657. The maximum Gasteiger partial charge on any atom is 0.172 e. The molecule has 0 unspecified atom stereocenters. The zero-order valence-corrected chi connectivity index (χ0v) is 13.8. The summed E-state index contributed by atoms with van der Waals surface area (Å²) >= 11 is 0. The molecule has 3 rings (SSSR count). The Hall–Kier alpha value is -1.83. The molecule has 1 aliphatic carbocycles. The summed E-state index contributed by atoms with van der Waals surface area (Å²) in [5.74, 6) is 0.575. The van der Waals surface area contributed by atoms with E-state index in [2.05, 4.69) is 13.0 Å². The molecule has 1 aliphatic rings. The van der Waals surface area contributed by atoms with Crippen molar-refractivity contribution in [1.82, 2.24) is 0 Å². The van der Waals surface area contributed by atoms with Gasteiger partial charge < -0.3 is 5.11 Å². The molecule has 1 fully saturated rings. The van der Waals surface area contributed by atoms with Gasteiger partial charge in [0.1, 0.15) is 0 Å². The maximum atomic E-state index is 14.3. The van der Waals surface area contributed by atoms with Gasteiger partial charge in [0.15, 0.2) is 11.6 Å². The fraction of sp³-hybridized carbons (Fsp3) is 0.429. The summed E-state index contributed by atoms with van der Waals surface area (Å²) in [6.07, 6.45) is 7.50. The first-order valence-corrected chi connectivity index (χ1v) is 8.77. The van der Waals surface area contributed by atoms with E-state index in [-0.39, 0.29) is 5.75 Å². The lowest BCUT2D eigenvalue weighted by molar-refractivity contribution is 0.308. The van der Waals surface area contributed by atoms with Crippen LogP contribution in [-0.4, -0.2) is 5.11 Å². The molecule has 2 aromatic carbocycles. The zero-order valence-electron chi connectivity index (χ0n) is 13.8. The molecule has 122 valence electrons. The largest absolute Gasteiger partial charge is 0.505 e. The lowest BCUT2D eigenvalue weighted by Crippen LogP contribution is -2.14. The van der Waals surface area contributed by atoms with E-state index in [0.717, 1.165) is 11.5 Å². The number of hydrogen-bond acceptors (Lipinski definition) is 1. The quantitative estimate of drug-likeness (QED) is 0.705. The predicted octanol–water partition coefficient (Wildman–Crippen LogP) is 6.27. The Labute approximate surface area is 138 Å². The van der Waals surface area contributed by atoms with Gasteiger partial charge in [-0.05, 0) is 54.7 Å². The number of halogens is 1. The third-order valence-corrected chi connectivity index (χ3v) is 5.21. The first-order chi connectivity index (χ1) is 11.2. The number of phenols is 1. The van der Waals surface area contributed by atoms with Gasteiger partial charge in [0.05, 0.1) is 0 Å². The minimum Gasteiger partial charge on any atom is -0.505 e. The second kappa shape index (κ2) is 7.16. The first kappa shape index (κ1) is 16.0. The van der Waals surface area contributed by atoms with Crippen molar-refractivity contribution in [3.63, 3.8) is 0 Å². The van der Waals surface area contributed by atoms with E-state index in [1.807, 2.05) is 18.2 Å². The van der Waals surface area contributed by atoms with E-state index in [9.17, 15) is 9.50 Å². The Kier molecular flexibility index (Phi) is 5.00. The highest BCUT2D eigenvalue weighted by molar-refractivity contribution is 5.70. The van der Waals surface area contributed by atoms with E-state index < -0.39 is 5.82 Å². The lowest BCUT2D eigenvalue weighted by Gasteiger charge is -2.30. The summed E-state index contributed by atoms with van der Waals surface area (Å²) in [6, 6.07) is 13.0. The van der Waals surface area contributed by atoms with Crippen molar-refractivity contribution in [3.8, 4) is 16.9 Å². The molecule has 1 N–H and O–H groups in total. The highest BCUT2D eigenvalue weighted by Crippen LogP contribution is 2.42. The molecule has 0 amide bonds. The average Bonchev–Trinajstić information content (AvgIpc) is 2.58. The van der Waals surface area contributed by atoms with Crippen molar-refractivity contribution in [2.75, 3.05) is 0 Å². The highest BCUT2D eigenvalue weighted by Gasteiger charge is 2.24. The highest BCUT2D eigenvalue weighted by atomic mass is 19.1. The van der Waals surface area contributed by atoms with Crippen LogP contribution in [0.15, 0.2) is 42.5 Å². The molecule has 0 radical (unpaired) electrons. The van der Waals surface area contributed by atoms with Crippen molar-refractivity contribution in [1.29, 1.82) is 0 Å². The normalized spacial score (nSPS) is 21.3. The number of rotatable bonds is 4. The Morgan fingerprint density at radius 3 is 2.39 bits per heavy atom. The molecule has 0 saturated heterocycles. The minimum atomic E-state index is -0.514. The Balaban J connectivity index is 1.89. The fourth-order valence-corrected chi connectivity index (χ4v) is 4.00. The number of phenolic OH excluding ortho intramolecular Hbond substituents is 1. The van der Waals surface area contributed by atoms with Gasteiger partial charge in [-0.1, -0.05) is 56.2 Å². The first-order valence-electron chi connectivity index (χ1n) is 8.77. The lowest BCUT2D eigenvalue weighted by atomic mass is 9.75. The zero-order chi connectivity index (χ0) is 16.2. The summed E-state index contributed by atoms with van der Waals surface area (Å²) in [6.45, 7) is 2.26. The SMILES string of the molecule is CCCC1CCC(c2ccccc2-c2cccc(O)c2F)CC1. The molecule has 0 spiro atoms. The molecule has 1 nitrogen and oxygen atoms in total. The van der Waals surface area contributed by atoms with Crippen molar-refractivity contribution in [2.24, 2.45) is 5.92 Å². The molecular formula is C21H25FO. The number of hydrogen-bond donors (Lipinski definition) is 1. The number of aromatic hydroxyl groups is 1. The van der Waals surface area contributed by atoms with E-state index >= 15 is 0 Å². The van der Waals surface area contributed by atoms with Gasteiger partial charge in [-0.2, -0.15) is 0 Å². The maximum absolute atomic E-state index is 14.3. The van der Waals surface area contributed by atoms with Gasteiger partial charge in [0.2, 0.25) is 0 Å². The minimum absolute atomic E-state index is 0.274. The molecule has 0 heterocycles. The van der Waals surface area contributed by atoms with Crippen LogP contribution in [0.5, 0.6) is 5.75 Å². The van der Waals surface area contributed by atoms with Crippen LogP contribution < -0.4 is 0 Å². The fourth-order valence-electron chi connectivity index (χ4n) is 4.00. The van der Waals surface area contributed by atoms with Crippen LogP contribution in [-0.2, 0) is 0 Å². The van der Waals surface area contributed by atoms with Crippen LogP contribution in [0.4, 0.5) is 4.39 Å². The summed E-state index contributed by atoms with van der Waals surface area (Å²) in [7, 11) is 0. The molecule has 2 aromatic rings. The van der Waals surface area contributed by atoms with Crippen LogP contribution in [0.25, 0.3) is 11.1 Å². The van der Waals surface area contributed by atoms with Gasteiger partial charge in [0, 0.05) is 5.56 Å². The predicted molar refractivity (Wildman–Crippen MR) is 93.1 cm³/mol. The van der Waals surface area contributed by atoms with Crippen LogP contribution in [0, 0.1) is 11.7 Å². The second-order valence-electron chi connectivity index (χ2n) is 6.73. The monoisotopic (exact) mass is 312 g/mol. The average molecular weight is 312 g/mol. The van der Waals surface area contributed by atoms with Gasteiger partial charge in [-0.15, -0.1) is 0 Å². The topological polar surface area (TPSA) is 20.2 Å². The van der Waals surface area contributed by atoms with Crippen LogP contribution in [0.2, 0.25) is 0 Å². The van der Waals surface area contributed by atoms with Crippen LogP contribution in [0.3, 0.4) is 0 Å². The van der Waals surface area contributed by atoms with Gasteiger partial charge in [-0.3, -0.25) is 0 Å². The molecule has 0 aromatic heterocycles. The smallest absolute Gasteiger partial charge is 0.172 e. The van der Waals surface area contributed by atoms with E-state index in [1.165, 1.54) is 50.2 Å². The second-order valence-corrected chi connectivity index (χ2v) is 6.73. The molecule has 1 saturated carbocycles. The van der Waals surface area contributed by atoms with Gasteiger partial charge in [-0.25, -0.2) is 4.39 Å². The summed E-state index contributed by atoms with van der Waals surface area (Å²) < 4.78 is 14.3. The molecule has 0 atom stereocenters. The summed E-state index contributed by atoms with van der Waals surface area (Å²) in [5.41, 5.74) is 2.67. The van der Waals surface area contributed by atoms with E-state index in [4.69, 9.17) is 0 Å².